The molecule has 8 heteroatoms. The van der Waals surface area contributed by atoms with Gasteiger partial charge >= 0.3 is 5.97 Å². The number of rotatable bonds is 5. The summed E-state index contributed by atoms with van der Waals surface area (Å²) >= 11 is 1.08. The lowest BCUT2D eigenvalue weighted by Crippen LogP contribution is -2.31. The van der Waals surface area contributed by atoms with E-state index in [1.807, 2.05) is 0 Å². The van der Waals surface area contributed by atoms with Crippen molar-refractivity contribution in [3.63, 3.8) is 0 Å². The van der Waals surface area contributed by atoms with Gasteiger partial charge in [-0.15, -0.1) is 11.3 Å². The monoisotopic (exact) mass is 318 g/mol. The van der Waals surface area contributed by atoms with Crippen LogP contribution in [0.3, 0.4) is 0 Å². The lowest BCUT2D eigenvalue weighted by atomic mass is 10.1. The molecule has 0 saturated heterocycles. The van der Waals surface area contributed by atoms with Gasteiger partial charge < -0.3 is 10.4 Å². The Morgan fingerprint density at radius 1 is 1.40 bits per heavy atom. The molecule has 0 bridgehead atoms. The molecule has 20 heavy (non-hydrogen) atoms. The van der Waals surface area contributed by atoms with Gasteiger partial charge in [-0.3, -0.25) is 0 Å². The highest BCUT2D eigenvalue weighted by Gasteiger charge is 2.34. The molecule has 112 valence electrons. The van der Waals surface area contributed by atoms with Gasteiger partial charge in [0, 0.05) is 24.5 Å². The Morgan fingerprint density at radius 2 is 2.05 bits per heavy atom. The summed E-state index contributed by atoms with van der Waals surface area (Å²) in [6.07, 6.45) is 0.557. The van der Waals surface area contributed by atoms with E-state index in [1.165, 1.54) is 4.31 Å². The highest BCUT2D eigenvalue weighted by atomic mass is 32.2. The normalized spacial score (nSPS) is 15.3. The van der Waals surface area contributed by atoms with Gasteiger partial charge in [0.15, 0.2) is 0 Å². The molecule has 0 saturated carbocycles. The van der Waals surface area contributed by atoms with E-state index in [0.29, 0.717) is 38.2 Å². The summed E-state index contributed by atoms with van der Waals surface area (Å²) in [4.78, 5) is 12.3. The van der Waals surface area contributed by atoms with Gasteiger partial charge in [-0.1, -0.05) is 13.8 Å². The predicted octanol–water partition coefficient (Wildman–Crippen LogP) is 1.12. The smallest absolute Gasteiger partial charge is 0.338 e. The number of hydrogen-bond acceptors (Lipinski definition) is 5. The Morgan fingerprint density at radius 3 is 2.60 bits per heavy atom. The highest BCUT2D eigenvalue weighted by Crippen LogP contribution is 2.35. The van der Waals surface area contributed by atoms with Crippen LogP contribution in [0.5, 0.6) is 0 Å². The fourth-order valence-electron chi connectivity index (χ4n) is 2.39. The lowest BCUT2D eigenvalue weighted by molar-refractivity contribution is 0.0692. The van der Waals surface area contributed by atoms with E-state index in [4.69, 9.17) is 0 Å². The van der Waals surface area contributed by atoms with Crippen LogP contribution in [-0.2, 0) is 23.0 Å². The Labute approximate surface area is 122 Å². The van der Waals surface area contributed by atoms with Crippen LogP contribution < -0.4 is 5.32 Å². The summed E-state index contributed by atoms with van der Waals surface area (Å²) in [5.41, 5.74) is 0.644. The van der Waals surface area contributed by atoms with Crippen molar-refractivity contribution >= 4 is 27.3 Å². The van der Waals surface area contributed by atoms with Crippen LogP contribution in [0.2, 0.25) is 0 Å². The SMILES string of the molecule is CCN(CC)S(=O)(=O)c1sc2c(c1C(=O)O)CCNC2. The third kappa shape index (κ3) is 2.48. The van der Waals surface area contributed by atoms with Gasteiger partial charge in [0.25, 0.3) is 10.0 Å². The zero-order valence-electron chi connectivity index (χ0n) is 11.5. The lowest BCUT2D eigenvalue weighted by Gasteiger charge is -2.17. The van der Waals surface area contributed by atoms with E-state index in [2.05, 4.69) is 5.32 Å². The van der Waals surface area contributed by atoms with Gasteiger partial charge in [0.2, 0.25) is 0 Å². The van der Waals surface area contributed by atoms with Crippen LogP contribution in [0.25, 0.3) is 0 Å². The zero-order chi connectivity index (χ0) is 14.9. The number of nitrogens with zero attached hydrogens (tertiary/aromatic N) is 1. The molecular formula is C12H18N2O4S2. The van der Waals surface area contributed by atoms with Gasteiger partial charge in [0.05, 0.1) is 5.56 Å². The van der Waals surface area contributed by atoms with Gasteiger partial charge in [-0.25, -0.2) is 13.2 Å². The fourth-order valence-corrected chi connectivity index (χ4v) is 5.85. The Kier molecular flexibility index (Phi) is 4.48. The first-order valence-corrected chi connectivity index (χ1v) is 8.77. The Balaban J connectivity index is 2.62. The number of aromatic carboxylic acids is 1. The van der Waals surface area contributed by atoms with Crippen molar-refractivity contribution in [3.8, 4) is 0 Å². The first kappa shape index (κ1) is 15.4. The maximum atomic E-state index is 12.6. The van der Waals surface area contributed by atoms with E-state index in [0.717, 1.165) is 16.2 Å². The zero-order valence-corrected chi connectivity index (χ0v) is 13.1. The molecule has 0 spiro atoms. The molecule has 0 atom stereocenters. The number of carbonyl (C=O) groups is 1. The standard InChI is InChI=1S/C12H18N2O4S2/c1-3-14(4-2)20(17,18)12-10(11(15)16)8-5-6-13-7-9(8)19-12/h13H,3-7H2,1-2H3,(H,15,16). The van der Waals surface area contributed by atoms with Gasteiger partial charge in [-0.05, 0) is 18.5 Å². The molecule has 2 rings (SSSR count). The molecule has 1 aliphatic heterocycles. The molecule has 1 aliphatic rings. The molecular weight excluding hydrogens is 300 g/mol. The highest BCUT2D eigenvalue weighted by molar-refractivity contribution is 7.91. The maximum Gasteiger partial charge on any atom is 0.338 e. The molecule has 0 fully saturated rings. The largest absolute Gasteiger partial charge is 0.478 e. The molecule has 0 radical (unpaired) electrons. The minimum Gasteiger partial charge on any atom is -0.478 e. The third-order valence-corrected chi connectivity index (χ3v) is 7.17. The van der Waals surface area contributed by atoms with Crippen molar-refractivity contribution in [1.29, 1.82) is 0 Å². The molecule has 0 amide bonds. The molecule has 1 aromatic heterocycles. The van der Waals surface area contributed by atoms with Crippen LogP contribution in [0, 0.1) is 0 Å². The predicted molar refractivity (Wildman–Crippen MR) is 76.8 cm³/mol. The second-order valence-electron chi connectivity index (χ2n) is 4.49. The van der Waals surface area contributed by atoms with Crippen molar-refractivity contribution in [2.75, 3.05) is 19.6 Å². The topological polar surface area (TPSA) is 86.7 Å². The van der Waals surface area contributed by atoms with Crippen LogP contribution in [0.15, 0.2) is 4.21 Å². The summed E-state index contributed by atoms with van der Waals surface area (Å²) in [6.45, 7) is 5.37. The molecule has 0 aliphatic carbocycles. The molecule has 2 heterocycles. The maximum absolute atomic E-state index is 12.6. The first-order valence-electron chi connectivity index (χ1n) is 6.52. The number of carboxylic acids is 1. The van der Waals surface area contributed by atoms with Crippen molar-refractivity contribution < 1.29 is 18.3 Å². The molecule has 6 nitrogen and oxygen atoms in total. The average Bonchev–Trinajstić information content (AvgIpc) is 2.79. The summed E-state index contributed by atoms with van der Waals surface area (Å²) in [5.74, 6) is -1.16. The van der Waals surface area contributed by atoms with E-state index < -0.39 is 16.0 Å². The van der Waals surface area contributed by atoms with Crippen LogP contribution >= 0.6 is 11.3 Å². The van der Waals surface area contributed by atoms with Crippen molar-refractivity contribution in [2.24, 2.45) is 0 Å². The van der Waals surface area contributed by atoms with Crippen molar-refractivity contribution in [3.05, 3.63) is 16.0 Å². The molecule has 0 unspecified atom stereocenters. The van der Waals surface area contributed by atoms with Gasteiger partial charge in [-0.2, -0.15) is 4.31 Å². The van der Waals surface area contributed by atoms with Crippen LogP contribution in [0.4, 0.5) is 0 Å². The quantitative estimate of drug-likeness (QED) is 0.849. The second-order valence-corrected chi connectivity index (χ2v) is 7.73. The molecule has 1 aromatic rings. The Hall–Kier alpha value is -0.960. The average molecular weight is 318 g/mol. The third-order valence-electron chi connectivity index (χ3n) is 3.39. The number of thiophene rings is 1. The van der Waals surface area contributed by atoms with E-state index >= 15 is 0 Å². The summed E-state index contributed by atoms with van der Waals surface area (Å²) in [6, 6.07) is 0. The van der Waals surface area contributed by atoms with E-state index in [-0.39, 0.29) is 9.77 Å². The number of hydrogen-bond donors (Lipinski definition) is 2. The number of carboxylic acid groups (broad SMARTS) is 1. The summed E-state index contributed by atoms with van der Waals surface area (Å²) in [5, 5.41) is 12.5. The Bertz CT molecular complexity index is 618. The number of nitrogens with one attached hydrogen (secondary N) is 1. The van der Waals surface area contributed by atoms with Crippen molar-refractivity contribution in [1.82, 2.24) is 9.62 Å². The van der Waals surface area contributed by atoms with Crippen LogP contribution in [-0.4, -0.2) is 43.4 Å². The molecule has 2 N–H and O–H groups in total. The number of sulfonamides is 1. The van der Waals surface area contributed by atoms with Crippen molar-refractivity contribution in [2.45, 2.75) is 31.0 Å². The van der Waals surface area contributed by atoms with E-state index in [9.17, 15) is 18.3 Å². The fraction of sp³-hybridized carbons (Fsp3) is 0.583. The van der Waals surface area contributed by atoms with Gasteiger partial charge in [0.1, 0.15) is 4.21 Å². The molecule has 0 aromatic carbocycles. The summed E-state index contributed by atoms with van der Waals surface area (Å²) in [7, 11) is -3.73. The summed E-state index contributed by atoms with van der Waals surface area (Å²) < 4.78 is 26.5. The first-order chi connectivity index (χ1) is 9.43. The van der Waals surface area contributed by atoms with Crippen LogP contribution in [0.1, 0.15) is 34.6 Å². The second kappa shape index (κ2) is 5.80. The number of fused-ring (bicyclic) bond motifs is 1. The van der Waals surface area contributed by atoms with E-state index in [1.54, 1.807) is 13.8 Å². The minimum absolute atomic E-state index is 0.0256. The minimum atomic E-state index is -3.73.